The maximum absolute atomic E-state index is 12.0. The minimum atomic E-state index is -0.445. The van der Waals surface area contributed by atoms with E-state index in [1.54, 1.807) is 7.11 Å². The van der Waals surface area contributed by atoms with E-state index in [0.717, 1.165) is 33.8 Å². The number of amides is 1. The van der Waals surface area contributed by atoms with Gasteiger partial charge in [-0.15, -0.1) is 0 Å². The molecule has 3 aromatic rings. The number of hydrogen-bond donors (Lipinski definition) is 1. The molecule has 1 aliphatic rings. The Bertz CT molecular complexity index is 1110. The smallest absolute Gasteiger partial charge is 0.408 e. The van der Waals surface area contributed by atoms with Gasteiger partial charge in [0, 0.05) is 11.3 Å². The Morgan fingerprint density at radius 1 is 1.00 bits per heavy atom. The van der Waals surface area contributed by atoms with E-state index >= 15 is 0 Å². The summed E-state index contributed by atoms with van der Waals surface area (Å²) in [7, 11) is 1.61. The van der Waals surface area contributed by atoms with Crippen molar-refractivity contribution in [2.24, 2.45) is 0 Å². The molecule has 2 heterocycles. The van der Waals surface area contributed by atoms with Gasteiger partial charge >= 0.3 is 6.09 Å². The van der Waals surface area contributed by atoms with Crippen LogP contribution in [0, 0.1) is 18.8 Å². The highest BCUT2D eigenvalue weighted by Gasteiger charge is 2.36. The molecule has 0 unspecified atom stereocenters. The number of hydrogen-bond acceptors (Lipinski definition) is 4. The first-order valence-corrected chi connectivity index (χ1v) is 9.29. The van der Waals surface area contributed by atoms with Crippen LogP contribution >= 0.6 is 0 Å². The van der Waals surface area contributed by atoms with E-state index in [2.05, 4.69) is 22.1 Å². The quantitative estimate of drug-likeness (QED) is 0.683. The summed E-state index contributed by atoms with van der Waals surface area (Å²) in [6.07, 6.45) is -0.887. The van der Waals surface area contributed by atoms with Gasteiger partial charge in [-0.05, 0) is 60.4 Å². The van der Waals surface area contributed by atoms with Crippen molar-refractivity contribution < 1.29 is 14.3 Å². The van der Waals surface area contributed by atoms with Crippen LogP contribution in [-0.4, -0.2) is 18.2 Å². The van der Waals surface area contributed by atoms with Gasteiger partial charge in [0.1, 0.15) is 11.4 Å². The largest absolute Gasteiger partial charge is 0.497 e. The monoisotopic (exact) mass is 384 g/mol. The summed E-state index contributed by atoms with van der Waals surface area (Å²) in [6, 6.07) is 20.8. The third kappa shape index (κ3) is 4.22. The molecule has 5 nitrogen and oxygen atoms in total. The molecule has 0 bridgehead atoms. The summed E-state index contributed by atoms with van der Waals surface area (Å²) in [5.41, 5.74) is 4.29. The number of pyridine rings is 1. The van der Waals surface area contributed by atoms with Crippen LogP contribution < -0.4 is 10.1 Å². The van der Waals surface area contributed by atoms with Crippen molar-refractivity contribution in [3.63, 3.8) is 0 Å². The van der Waals surface area contributed by atoms with E-state index in [1.807, 2.05) is 73.7 Å². The fourth-order valence-electron chi connectivity index (χ4n) is 3.32. The van der Waals surface area contributed by atoms with E-state index in [1.165, 1.54) is 0 Å². The molecule has 1 saturated heterocycles. The summed E-state index contributed by atoms with van der Waals surface area (Å²) in [5.74, 6) is 6.96. The Hall–Kier alpha value is -3.78. The Morgan fingerprint density at radius 3 is 2.62 bits per heavy atom. The van der Waals surface area contributed by atoms with Gasteiger partial charge in [0.15, 0.2) is 6.10 Å². The molecule has 0 aliphatic carbocycles. The maximum Gasteiger partial charge on any atom is 0.408 e. The molecule has 1 N–H and O–H groups in total. The molecule has 144 valence electrons. The first-order chi connectivity index (χ1) is 14.1. The van der Waals surface area contributed by atoms with Gasteiger partial charge in [-0.25, -0.2) is 9.78 Å². The molecule has 0 spiro atoms. The van der Waals surface area contributed by atoms with Gasteiger partial charge < -0.3 is 14.8 Å². The second-order valence-corrected chi connectivity index (χ2v) is 6.76. The lowest BCUT2D eigenvalue weighted by Crippen LogP contribution is -2.19. The van der Waals surface area contributed by atoms with E-state index in [-0.39, 0.29) is 6.04 Å². The average Bonchev–Trinajstić information content (AvgIpc) is 3.14. The normalized spacial score (nSPS) is 17.7. The number of alkyl carbamates (subject to hydrolysis) is 1. The second kappa shape index (κ2) is 8.07. The fraction of sp³-hybridized carbons (Fsp3) is 0.167. The number of cyclic esters (lactones) is 1. The number of methoxy groups -OCH3 is 1. The van der Waals surface area contributed by atoms with Crippen LogP contribution in [0.2, 0.25) is 0 Å². The van der Waals surface area contributed by atoms with Crippen LogP contribution in [0.5, 0.6) is 5.75 Å². The Kier molecular flexibility index (Phi) is 5.17. The molecule has 4 rings (SSSR count). The molecular weight excluding hydrogens is 364 g/mol. The summed E-state index contributed by atoms with van der Waals surface area (Å²) in [4.78, 5) is 16.4. The highest BCUT2D eigenvalue weighted by atomic mass is 16.6. The molecule has 0 radical (unpaired) electrons. The van der Waals surface area contributed by atoms with E-state index in [4.69, 9.17) is 9.47 Å². The number of benzene rings is 2. The molecule has 1 fully saturated rings. The third-order valence-electron chi connectivity index (χ3n) is 4.70. The first-order valence-electron chi connectivity index (χ1n) is 9.29. The molecule has 1 aromatic heterocycles. The zero-order chi connectivity index (χ0) is 20.2. The number of aromatic nitrogens is 1. The maximum atomic E-state index is 12.0. The van der Waals surface area contributed by atoms with Gasteiger partial charge in [0.2, 0.25) is 0 Å². The van der Waals surface area contributed by atoms with Gasteiger partial charge in [-0.3, -0.25) is 0 Å². The number of carbonyl (C=O) groups is 1. The molecule has 0 saturated carbocycles. The summed E-state index contributed by atoms with van der Waals surface area (Å²) in [5, 5.41) is 2.90. The lowest BCUT2D eigenvalue weighted by molar-refractivity contribution is 0.132. The summed E-state index contributed by atoms with van der Waals surface area (Å²) in [6.45, 7) is 1.94. The van der Waals surface area contributed by atoms with E-state index in [0.29, 0.717) is 0 Å². The predicted molar refractivity (Wildman–Crippen MR) is 109 cm³/mol. The Labute approximate surface area is 169 Å². The molecule has 1 amide bonds. The molecular formula is C24H20N2O3. The number of aryl methyl sites for hydroxylation is 1. The van der Waals surface area contributed by atoms with Crippen LogP contribution in [0.25, 0.3) is 0 Å². The Balaban J connectivity index is 1.63. The first kappa shape index (κ1) is 18.6. The van der Waals surface area contributed by atoms with Crippen molar-refractivity contribution in [3.05, 3.63) is 94.8 Å². The van der Waals surface area contributed by atoms with Gasteiger partial charge in [0.05, 0.1) is 13.2 Å². The van der Waals surface area contributed by atoms with Crippen LogP contribution in [0.15, 0.2) is 66.7 Å². The van der Waals surface area contributed by atoms with E-state index in [9.17, 15) is 4.79 Å². The molecule has 2 aromatic carbocycles. The zero-order valence-electron chi connectivity index (χ0n) is 16.2. The number of carbonyl (C=O) groups excluding carboxylic acids is 1. The standard InChI is InChI=1S/C24H20N2O3/c1-16-6-3-10-20(25-16)13-12-17-7-4-8-18(14-17)22-23(29-24(27)26-22)19-9-5-11-21(15-19)28-2/h3-11,14-15,22-23H,1-2H3,(H,26,27)/t22-,23-/m1/s1. The highest BCUT2D eigenvalue weighted by Crippen LogP contribution is 2.37. The second-order valence-electron chi connectivity index (χ2n) is 6.76. The van der Waals surface area contributed by atoms with Crippen molar-refractivity contribution in [1.29, 1.82) is 0 Å². The minimum Gasteiger partial charge on any atom is -0.497 e. The number of rotatable bonds is 3. The molecule has 29 heavy (non-hydrogen) atoms. The van der Waals surface area contributed by atoms with Gasteiger partial charge in [-0.2, -0.15) is 0 Å². The Morgan fingerprint density at radius 2 is 1.79 bits per heavy atom. The van der Waals surface area contributed by atoms with Crippen molar-refractivity contribution in [2.75, 3.05) is 7.11 Å². The van der Waals surface area contributed by atoms with Crippen LogP contribution in [0.3, 0.4) is 0 Å². The van der Waals surface area contributed by atoms with Crippen LogP contribution in [-0.2, 0) is 4.74 Å². The van der Waals surface area contributed by atoms with Crippen LogP contribution in [0.1, 0.15) is 40.2 Å². The van der Waals surface area contributed by atoms with Gasteiger partial charge in [0.25, 0.3) is 0 Å². The lowest BCUT2D eigenvalue weighted by atomic mass is 9.95. The highest BCUT2D eigenvalue weighted by molar-refractivity contribution is 5.71. The minimum absolute atomic E-state index is 0.312. The molecule has 5 heteroatoms. The predicted octanol–water partition coefficient (Wildman–Crippen LogP) is 4.32. The SMILES string of the molecule is COc1cccc([C@H]2OC(=O)N[C@@H]2c2cccc(C#Cc3cccc(C)n3)c2)c1. The fourth-order valence-corrected chi connectivity index (χ4v) is 3.32. The van der Waals surface area contributed by atoms with Crippen molar-refractivity contribution in [2.45, 2.75) is 19.1 Å². The number of nitrogens with one attached hydrogen (secondary N) is 1. The number of nitrogens with zero attached hydrogens (tertiary/aromatic N) is 1. The summed E-state index contributed by atoms with van der Waals surface area (Å²) >= 11 is 0. The van der Waals surface area contributed by atoms with Crippen molar-refractivity contribution in [1.82, 2.24) is 10.3 Å². The average molecular weight is 384 g/mol. The molecule has 1 aliphatic heterocycles. The summed E-state index contributed by atoms with van der Waals surface area (Å²) < 4.78 is 10.8. The van der Waals surface area contributed by atoms with E-state index < -0.39 is 12.2 Å². The van der Waals surface area contributed by atoms with Crippen LogP contribution in [0.4, 0.5) is 4.79 Å². The zero-order valence-corrected chi connectivity index (χ0v) is 16.2. The topological polar surface area (TPSA) is 60.5 Å². The number of ether oxygens (including phenoxy) is 2. The van der Waals surface area contributed by atoms with Gasteiger partial charge in [-0.1, -0.05) is 36.3 Å². The molecule has 2 atom stereocenters. The third-order valence-corrected chi connectivity index (χ3v) is 4.70. The van der Waals surface area contributed by atoms with Crippen molar-refractivity contribution in [3.8, 4) is 17.6 Å². The van der Waals surface area contributed by atoms with Crippen molar-refractivity contribution >= 4 is 6.09 Å². The lowest BCUT2D eigenvalue weighted by Gasteiger charge is -2.18.